The Hall–Kier alpha value is -0.830. The molecule has 0 bridgehead atoms. The molecule has 1 aromatic carbocycles. The summed E-state index contributed by atoms with van der Waals surface area (Å²) in [5.74, 6) is -0.645. The summed E-state index contributed by atoms with van der Waals surface area (Å²) >= 11 is 3.40. The van der Waals surface area contributed by atoms with Gasteiger partial charge in [-0.15, -0.1) is 0 Å². The summed E-state index contributed by atoms with van der Waals surface area (Å²) in [5, 5.41) is 9.20. The Morgan fingerprint density at radius 1 is 1.47 bits per heavy atom. The van der Waals surface area contributed by atoms with E-state index in [2.05, 4.69) is 15.9 Å². The highest BCUT2D eigenvalue weighted by Crippen LogP contribution is 2.44. The van der Waals surface area contributed by atoms with Crippen molar-refractivity contribution in [1.82, 2.24) is 0 Å². The molecule has 0 saturated heterocycles. The Morgan fingerprint density at radius 2 is 2.20 bits per heavy atom. The Labute approximate surface area is 97.4 Å². The van der Waals surface area contributed by atoms with Gasteiger partial charge in [-0.1, -0.05) is 34.5 Å². The molecule has 0 heterocycles. The van der Waals surface area contributed by atoms with Crippen molar-refractivity contribution in [3.8, 4) is 0 Å². The van der Waals surface area contributed by atoms with Gasteiger partial charge in [-0.3, -0.25) is 4.79 Å². The molecular formula is C12H13BrO2. The summed E-state index contributed by atoms with van der Waals surface area (Å²) in [6.07, 6.45) is 3.33. The van der Waals surface area contributed by atoms with Crippen LogP contribution in [0.5, 0.6) is 0 Å². The summed E-state index contributed by atoms with van der Waals surface area (Å²) in [6, 6.07) is 7.90. The molecule has 1 aromatic rings. The van der Waals surface area contributed by atoms with E-state index in [0.29, 0.717) is 6.42 Å². The molecule has 0 aliphatic heterocycles. The van der Waals surface area contributed by atoms with Crippen molar-refractivity contribution in [2.75, 3.05) is 0 Å². The number of hydrogen-bond acceptors (Lipinski definition) is 1. The van der Waals surface area contributed by atoms with E-state index in [-0.39, 0.29) is 0 Å². The lowest BCUT2D eigenvalue weighted by Crippen LogP contribution is -2.39. The second-order valence-corrected chi connectivity index (χ2v) is 5.16. The summed E-state index contributed by atoms with van der Waals surface area (Å²) in [4.78, 5) is 11.2. The maximum atomic E-state index is 11.2. The van der Waals surface area contributed by atoms with E-state index in [1.54, 1.807) is 0 Å². The topological polar surface area (TPSA) is 37.3 Å². The Bertz CT molecular complexity index is 383. The molecule has 3 heteroatoms. The van der Waals surface area contributed by atoms with Crippen molar-refractivity contribution >= 4 is 21.9 Å². The fraction of sp³-hybridized carbons (Fsp3) is 0.417. The van der Waals surface area contributed by atoms with Gasteiger partial charge in [-0.2, -0.15) is 0 Å². The van der Waals surface area contributed by atoms with Crippen molar-refractivity contribution < 1.29 is 9.90 Å². The van der Waals surface area contributed by atoms with Crippen LogP contribution >= 0.6 is 15.9 Å². The average Bonchev–Trinajstić information content (AvgIpc) is 2.11. The van der Waals surface area contributed by atoms with E-state index in [0.717, 1.165) is 29.3 Å². The zero-order valence-electron chi connectivity index (χ0n) is 8.37. The lowest BCUT2D eigenvalue weighted by Gasteiger charge is -2.37. The average molecular weight is 269 g/mol. The SMILES string of the molecule is O=C(O)C1(Cc2cccc(Br)c2)CCC1. The Morgan fingerprint density at radius 3 is 2.67 bits per heavy atom. The molecule has 1 saturated carbocycles. The molecule has 1 N–H and O–H groups in total. The van der Waals surface area contributed by atoms with E-state index < -0.39 is 11.4 Å². The molecule has 1 aliphatic rings. The van der Waals surface area contributed by atoms with Gasteiger partial charge in [0, 0.05) is 4.47 Å². The molecule has 2 nitrogen and oxygen atoms in total. The van der Waals surface area contributed by atoms with Crippen molar-refractivity contribution in [3.05, 3.63) is 34.3 Å². The summed E-state index contributed by atoms with van der Waals surface area (Å²) in [5.41, 5.74) is 0.618. The van der Waals surface area contributed by atoms with Gasteiger partial charge in [0.15, 0.2) is 0 Å². The Kier molecular flexibility index (Phi) is 2.83. The highest BCUT2D eigenvalue weighted by Gasteiger charge is 2.44. The lowest BCUT2D eigenvalue weighted by atomic mass is 9.65. The van der Waals surface area contributed by atoms with E-state index in [1.165, 1.54) is 0 Å². The standard InChI is InChI=1S/C12H13BrO2/c13-10-4-1-3-9(7-10)8-12(11(14)15)5-2-6-12/h1,3-4,7H,2,5-6,8H2,(H,14,15). The molecule has 0 radical (unpaired) electrons. The number of benzene rings is 1. The first-order valence-corrected chi connectivity index (χ1v) is 5.90. The van der Waals surface area contributed by atoms with Crippen LogP contribution in [0.4, 0.5) is 0 Å². The fourth-order valence-corrected chi connectivity index (χ4v) is 2.55. The second kappa shape index (κ2) is 3.97. The molecule has 0 atom stereocenters. The predicted molar refractivity (Wildman–Crippen MR) is 61.8 cm³/mol. The third-order valence-corrected chi connectivity index (χ3v) is 3.69. The monoisotopic (exact) mass is 268 g/mol. The third kappa shape index (κ3) is 2.07. The molecule has 0 unspecified atom stereocenters. The normalized spacial score (nSPS) is 18.2. The minimum absolute atomic E-state index is 0.485. The zero-order valence-corrected chi connectivity index (χ0v) is 9.96. The van der Waals surface area contributed by atoms with Crippen LogP contribution in [0.3, 0.4) is 0 Å². The van der Waals surface area contributed by atoms with Gasteiger partial charge in [-0.05, 0) is 37.0 Å². The van der Waals surface area contributed by atoms with Crippen LogP contribution in [0.2, 0.25) is 0 Å². The summed E-state index contributed by atoms with van der Waals surface area (Å²) in [6.45, 7) is 0. The van der Waals surface area contributed by atoms with Gasteiger partial charge in [0.2, 0.25) is 0 Å². The van der Waals surface area contributed by atoms with Gasteiger partial charge in [0.25, 0.3) is 0 Å². The number of aliphatic carboxylic acids is 1. The van der Waals surface area contributed by atoms with Gasteiger partial charge in [0.05, 0.1) is 5.41 Å². The van der Waals surface area contributed by atoms with Gasteiger partial charge < -0.3 is 5.11 Å². The molecule has 0 spiro atoms. The van der Waals surface area contributed by atoms with Crippen molar-refractivity contribution in [1.29, 1.82) is 0 Å². The number of carboxylic acid groups (broad SMARTS) is 1. The van der Waals surface area contributed by atoms with E-state index >= 15 is 0 Å². The first kappa shape index (κ1) is 10.7. The van der Waals surface area contributed by atoms with Crippen LogP contribution < -0.4 is 0 Å². The van der Waals surface area contributed by atoms with Crippen molar-refractivity contribution in [2.45, 2.75) is 25.7 Å². The van der Waals surface area contributed by atoms with E-state index in [9.17, 15) is 9.90 Å². The predicted octanol–water partition coefficient (Wildman–Crippen LogP) is 3.25. The fourth-order valence-electron chi connectivity index (χ4n) is 2.11. The van der Waals surface area contributed by atoms with Crippen molar-refractivity contribution in [3.63, 3.8) is 0 Å². The van der Waals surface area contributed by atoms with Crippen LogP contribution in [0.15, 0.2) is 28.7 Å². The van der Waals surface area contributed by atoms with E-state index in [1.807, 2.05) is 24.3 Å². The molecule has 1 aliphatic carbocycles. The number of halogens is 1. The van der Waals surface area contributed by atoms with Crippen LogP contribution in [-0.4, -0.2) is 11.1 Å². The molecule has 2 rings (SSSR count). The van der Waals surface area contributed by atoms with Crippen LogP contribution in [0.25, 0.3) is 0 Å². The molecule has 1 fully saturated rings. The van der Waals surface area contributed by atoms with Gasteiger partial charge in [0.1, 0.15) is 0 Å². The highest BCUT2D eigenvalue weighted by atomic mass is 79.9. The van der Waals surface area contributed by atoms with Crippen molar-refractivity contribution in [2.24, 2.45) is 5.41 Å². The third-order valence-electron chi connectivity index (χ3n) is 3.20. The molecule has 15 heavy (non-hydrogen) atoms. The number of rotatable bonds is 3. The molecular weight excluding hydrogens is 256 g/mol. The summed E-state index contributed by atoms with van der Waals surface area (Å²) in [7, 11) is 0. The van der Waals surface area contributed by atoms with Gasteiger partial charge in [-0.25, -0.2) is 0 Å². The summed E-state index contributed by atoms with van der Waals surface area (Å²) < 4.78 is 1.01. The van der Waals surface area contributed by atoms with Crippen LogP contribution in [-0.2, 0) is 11.2 Å². The molecule has 0 amide bonds. The minimum Gasteiger partial charge on any atom is -0.481 e. The lowest BCUT2D eigenvalue weighted by molar-refractivity contribution is -0.154. The molecule has 0 aromatic heterocycles. The quantitative estimate of drug-likeness (QED) is 0.914. The zero-order chi connectivity index (χ0) is 10.9. The number of carbonyl (C=O) groups is 1. The Balaban J connectivity index is 2.17. The maximum Gasteiger partial charge on any atom is 0.309 e. The number of hydrogen-bond donors (Lipinski definition) is 1. The second-order valence-electron chi connectivity index (χ2n) is 4.25. The molecule has 80 valence electrons. The minimum atomic E-state index is -0.645. The van der Waals surface area contributed by atoms with E-state index in [4.69, 9.17) is 0 Å². The highest BCUT2D eigenvalue weighted by molar-refractivity contribution is 9.10. The first-order valence-electron chi connectivity index (χ1n) is 5.10. The van der Waals surface area contributed by atoms with Gasteiger partial charge >= 0.3 is 5.97 Å². The number of carboxylic acids is 1. The largest absolute Gasteiger partial charge is 0.481 e. The van der Waals surface area contributed by atoms with Crippen LogP contribution in [0.1, 0.15) is 24.8 Å². The van der Waals surface area contributed by atoms with Crippen LogP contribution in [0, 0.1) is 5.41 Å². The smallest absolute Gasteiger partial charge is 0.309 e. The first-order chi connectivity index (χ1) is 7.12. The maximum absolute atomic E-state index is 11.2.